The topological polar surface area (TPSA) is 95.4 Å². The van der Waals surface area contributed by atoms with Gasteiger partial charge in [0.2, 0.25) is 0 Å². The second kappa shape index (κ2) is 7.40. The number of oxazole rings is 1. The lowest BCUT2D eigenvalue weighted by Gasteiger charge is -2.12. The molecule has 0 aliphatic carbocycles. The summed E-state index contributed by atoms with van der Waals surface area (Å²) in [5.41, 5.74) is 7.78. The first-order chi connectivity index (χ1) is 12.0. The van der Waals surface area contributed by atoms with Gasteiger partial charge in [-0.25, -0.2) is 9.78 Å². The van der Waals surface area contributed by atoms with E-state index >= 15 is 0 Å². The second-order valence-electron chi connectivity index (χ2n) is 5.34. The third kappa shape index (κ3) is 4.00. The van der Waals surface area contributed by atoms with Crippen molar-refractivity contribution in [2.75, 3.05) is 0 Å². The number of esters is 1. The van der Waals surface area contributed by atoms with Crippen LogP contribution in [-0.2, 0) is 15.3 Å². The smallest absolute Gasteiger partial charge is 0.339 e. The van der Waals surface area contributed by atoms with Crippen molar-refractivity contribution in [3.8, 4) is 0 Å². The maximum Gasteiger partial charge on any atom is 0.339 e. The number of aromatic nitrogens is 1. The number of carbonyl (C=O) groups is 2. The fourth-order valence-corrected chi connectivity index (χ4v) is 3.02. The molecular formula is C18H16N2O4S. The molecule has 0 spiro atoms. The van der Waals surface area contributed by atoms with Crippen molar-refractivity contribution >= 4 is 34.7 Å². The zero-order valence-corrected chi connectivity index (χ0v) is 14.3. The van der Waals surface area contributed by atoms with Crippen molar-refractivity contribution < 1.29 is 18.7 Å². The van der Waals surface area contributed by atoms with E-state index < -0.39 is 18.0 Å². The van der Waals surface area contributed by atoms with Gasteiger partial charge in [0.05, 0.1) is 5.56 Å². The quantitative estimate of drug-likeness (QED) is 0.538. The predicted octanol–water partition coefficient (Wildman–Crippen LogP) is 3.15. The molecule has 7 heteroatoms. The SMILES string of the molecule is C[C@@H](OC(=O)c1ccccc1CSc1nc2ccccc2o1)C(N)=O. The maximum atomic E-state index is 12.3. The molecule has 0 radical (unpaired) electrons. The van der Waals surface area contributed by atoms with Gasteiger partial charge < -0.3 is 14.9 Å². The summed E-state index contributed by atoms with van der Waals surface area (Å²) in [6.45, 7) is 1.44. The van der Waals surface area contributed by atoms with E-state index in [-0.39, 0.29) is 0 Å². The Balaban J connectivity index is 1.74. The highest BCUT2D eigenvalue weighted by Crippen LogP contribution is 2.27. The van der Waals surface area contributed by atoms with E-state index in [2.05, 4.69) is 4.98 Å². The summed E-state index contributed by atoms with van der Waals surface area (Å²) >= 11 is 1.38. The molecule has 2 aromatic carbocycles. The molecule has 1 amide bonds. The first-order valence-corrected chi connectivity index (χ1v) is 8.59. The molecule has 3 aromatic rings. The van der Waals surface area contributed by atoms with Crippen molar-refractivity contribution in [2.24, 2.45) is 5.73 Å². The summed E-state index contributed by atoms with van der Waals surface area (Å²) in [5.74, 6) is -0.796. The van der Waals surface area contributed by atoms with Crippen LogP contribution in [0.2, 0.25) is 0 Å². The first-order valence-electron chi connectivity index (χ1n) is 7.61. The van der Waals surface area contributed by atoms with E-state index in [1.165, 1.54) is 18.7 Å². The fourth-order valence-electron chi connectivity index (χ4n) is 2.18. The molecule has 1 heterocycles. The van der Waals surface area contributed by atoms with Crippen molar-refractivity contribution in [2.45, 2.75) is 24.0 Å². The number of benzene rings is 2. The summed E-state index contributed by atoms with van der Waals surface area (Å²) in [5, 5.41) is 0.523. The first kappa shape index (κ1) is 17.0. The number of ether oxygens (including phenoxy) is 1. The van der Waals surface area contributed by atoms with Crippen LogP contribution in [0.4, 0.5) is 0 Å². The second-order valence-corrected chi connectivity index (χ2v) is 6.27. The van der Waals surface area contributed by atoms with E-state index in [0.29, 0.717) is 22.1 Å². The third-order valence-corrected chi connectivity index (χ3v) is 4.42. The molecule has 0 bridgehead atoms. The lowest BCUT2D eigenvalue weighted by Crippen LogP contribution is -2.30. The molecule has 3 rings (SSSR count). The number of amides is 1. The van der Waals surface area contributed by atoms with Gasteiger partial charge in [0, 0.05) is 5.75 Å². The van der Waals surface area contributed by atoms with Crippen LogP contribution in [0, 0.1) is 0 Å². The van der Waals surface area contributed by atoms with Gasteiger partial charge in [0.25, 0.3) is 11.1 Å². The zero-order chi connectivity index (χ0) is 17.8. The van der Waals surface area contributed by atoms with Crippen molar-refractivity contribution in [1.29, 1.82) is 0 Å². The van der Waals surface area contributed by atoms with Crippen LogP contribution in [0.15, 0.2) is 58.2 Å². The molecule has 1 atom stereocenters. The number of primary amides is 1. The average molecular weight is 356 g/mol. The number of rotatable bonds is 6. The Morgan fingerprint density at radius 2 is 1.92 bits per heavy atom. The maximum absolute atomic E-state index is 12.3. The van der Waals surface area contributed by atoms with Crippen LogP contribution < -0.4 is 5.73 Å². The molecule has 0 aliphatic rings. The molecular weight excluding hydrogens is 340 g/mol. The van der Waals surface area contributed by atoms with Gasteiger partial charge in [-0.1, -0.05) is 42.1 Å². The van der Waals surface area contributed by atoms with Crippen LogP contribution in [0.1, 0.15) is 22.8 Å². The number of hydrogen-bond acceptors (Lipinski definition) is 6. The molecule has 2 N–H and O–H groups in total. The highest BCUT2D eigenvalue weighted by molar-refractivity contribution is 7.98. The highest BCUT2D eigenvalue weighted by Gasteiger charge is 2.19. The molecule has 25 heavy (non-hydrogen) atoms. The van der Waals surface area contributed by atoms with E-state index in [1.807, 2.05) is 36.4 Å². The normalized spacial score (nSPS) is 12.0. The van der Waals surface area contributed by atoms with Crippen LogP contribution in [0.25, 0.3) is 11.1 Å². The van der Waals surface area contributed by atoms with E-state index in [4.69, 9.17) is 14.9 Å². The summed E-state index contributed by atoms with van der Waals surface area (Å²) in [7, 11) is 0. The molecule has 0 saturated heterocycles. The fraction of sp³-hybridized carbons (Fsp3) is 0.167. The highest BCUT2D eigenvalue weighted by atomic mass is 32.2. The minimum atomic E-state index is -0.981. The molecule has 0 aliphatic heterocycles. The molecule has 0 saturated carbocycles. The largest absolute Gasteiger partial charge is 0.449 e. The summed E-state index contributed by atoms with van der Waals surface area (Å²) in [6, 6.07) is 14.5. The number of thioether (sulfide) groups is 1. The van der Waals surface area contributed by atoms with Gasteiger partial charge in [-0.15, -0.1) is 0 Å². The molecule has 6 nitrogen and oxygen atoms in total. The number of fused-ring (bicyclic) bond motifs is 1. The van der Waals surface area contributed by atoms with Crippen LogP contribution in [0.5, 0.6) is 0 Å². The minimum absolute atomic E-state index is 0.388. The van der Waals surface area contributed by atoms with E-state index in [1.54, 1.807) is 12.1 Å². The number of carbonyl (C=O) groups excluding carboxylic acids is 2. The van der Waals surface area contributed by atoms with Gasteiger partial charge in [0.15, 0.2) is 11.7 Å². The molecule has 0 fully saturated rings. The van der Waals surface area contributed by atoms with Gasteiger partial charge in [-0.3, -0.25) is 4.79 Å². The van der Waals surface area contributed by atoms with Crippen LogP contribution >= 0.6 is 11.8 Å². The van der Waals surface area contributed by atoms with Gasteiger partial charge in [-0.2, -0.15) is 0 Å². The zero-order valence-electron chi connectivity index (χ0n) is 13.5. The standard InChI is InChI=1S/C18H16N2O4S/c1-11(16(19)21)23-17(22)13-7-3-2-6-12(13)10-25-18-20-14-8-4-5-9-15(14)24-18/h2-9,11H,10H2,1H3,(H2,19,21)/t11-/m1/s1. The van der Waals surface area contributed by atoms with Crippen LogP contribution in [-0.4, -0.2) is 23.0 Å². The lowest BCUT2D eigenvalue weighted by molar-refractivity contribution is -0.125. The van der Waals surface area contributed by atoms with Crippen molar-refractivity contribution in [3.05, 3.63) is 59.7 Å². The minimum Gasteiger partial charge on any atom is -0.449 e. The number of nitrogens with zero attached hydrogens (tertiary/aromatic N) is 1. The van der Waals surface area contributed by atoms with Gasteiger partial charge in [-0.05, 0) is 30.7 Å². The Kier molecular flexibility index (Phi) is 5.04. The van der Waals surface area contributed by atoms with E-state index in [0.717, 1.165) is 11.1 Å². The Hall–Kier alpha value is -2.80. The third-order valence-electron chi connectivity index (χ3n) is 3.55. The summed E-state index contributed by atoms with van der Waals surface area (Å²) in [4.78, 5) is 27.7. The van der Waals surface area contributed by atoms with Gasteiger partial charge in [0.1, 0.15) is 5.52 Å². The number of nitrogens with two attached hydrogens (primary N) is 1. The molecule has 0 unspecified atom stereocenters. The lowest BCUT2D eigenvalue weighted by atomic mass is 10.1. The Morgan fingerprint density at radius 3 is 2.68 bits per heavy atom. The Morgan fingerprint density at radius 1 is 1.20 bits per heavy atom. The van der Waals surface area contributed by atoms with Gasteiger partial charge >= 0.3 is 5.97 Å². The molecule has 1 aromatic heterocycles. The summed E-state index contributed by atoms with van der Waals surface area (Å²) < 4.78 is 10.7. The number of para-hydroxylation sites is 2. The van der Waals surface area contributed by atoms with Crippen molar-refractivity contribution in [3.63, 3.8) is 0 Å². The van der Waals surface area contributed by atoms with E-state index in [9.17, 15) is 9.59 Å². The Labute approximate surface area is 148 Å². The van der Waals surface area contributed by atoms with Crippen LogP contribution in [0.3, 0.4) is 0 Å². The summed E-state index contributed by atoms with van der Waals surface area (Å²) in [6.07, 6.45) is -0.981. The number of hydrogen-bond donors (Lipinski definition) is 1. The average Bonchev–Trinajstić information content (AvgIpc) is 3.03. The monoisotopic (exact) mass is 356 g/mol. The molecule has 128 valence electrons. The Bertz CT molecular complexity index is 889. The van der Waals surface area contributed by atoms with Crippen molar-refractivity contribution in [1.82, 2.24) is 4.98 Å². The predicted molar refractivity (Wildman–Crippen MR) is 94.1 cm³/mol.